The van der Waals surface area contributed by atoms with Gasteiger partial charge in [0.15, 0.2) is 12.0 Å². The molecule has 2 heterocycles. The predicted octanol–water partition coefficient (Wildman–Crippen LogP) is 0.931. The maximum Gasteiger partial charge on any atom is 0.367 e. The molecule has 14 heteroatoms. The second-order valence-electron chi connectivity index (χ2n) is 8.65. The molecule has 1 aliphatic heterocycles. The number of para-hydroxylation sites is 2. The first-order chi connectivity index (χ1) is 17.0. The van der Waals surface area contributed by atoms with Gasteiger partial charge in [0.25, 0.3) is 0 Å². The molecular weight excluding hydrogens is 495 g/mol. The fourth-order valence-electron chi connectivity index (χ4n) is 3.46. The number of nitrogens with two attached hydrogens (primary N) is 1. The van der Waals surface area contributed by atoms with Crippen molar-refractivity contribution in [1.29, 1.82) is 0 Å². The summed E-state index contributed by atoms with van der Waals surface area (Å²) in [5.41, 5.74) is 3.36. The minimum Gasteiger partial charge on any atom is -0.464 e. The number of hydrogen-bond donors (Lipinski definition) is 4. The molecule has 5 atom stereocenters. The number of hydrogen-bond acceptors (Lipinski definition) is 12. The van der Waals surface area contributed by atoms with Crippen molar-refractivity contribution in [2.45, 2.75) is 44.8 Å². The van der Waals surface area contributed by atoms with Gasteiger partial charge in [-0.1, -0.05) is 26.0 Å². The topological polar surface area (TPSA) is 184 Å². The molecule has 1 unspecified atom stereocenters. The molecule has 0 aliphatic carbocycles. The van der Waals surface area contributed by atoms with Crippen molar-refractivity contribution < 1.29 is 38.1 Å². The molecule has 3 rings (SSSR count). The summed E-state index contributed by atoms with van der Waals surface area (Å²) in [6.07, 6.45) is -2.57. The predicted molar refractivity (Wildman–Crippen MR) is 130 cm³/mol. The van der Waals surface area contributed by atoms with Crippen molar-refractivity contribution in [2.24, 2.45) is 5.92 Å². The number of ether oxygens (including phenoxy) is 2. The molecule has 0 amide bonds. The second-order valence-corrected chi connectivity index (χ2v) is 9.64. The molecule has 5 N–H and O–H groups in total. The van der Waals surface area contributed by atoms with Crippen LogP contribution in [0, 0.1) is 5.92 Å². The lowest BCUT2D eigenvalue weighted by molar-refractivity contribution is -0.146. The van der Waals surface area contributed by atoms with E-state index in [0.717, 1.165) is 4.57 Å². The summed E-state index contributed by atoms with van der Waals surface area (Å²) in [7, 11) is -3.11. The van der Waals surface area contributed by atoms with E-state index in [9.17, 15) is 24.4 Å². The van der Waals surface area contributed by atoms with E-state index in [4.69, 9.17) is 24.3 Å². The lowest BCUT2D eigenvalue weighted by Gasteiger charge is -2.27. The van der Waals surface area contributed by atoms with E-state index in [-0.39, 0.29) is 36.7 Å². The number of anilines is 2. The summed E-state index contributed by atoms with van der Waals surface area (Å²) in [5.74, 6) is -0.297. The Morgan fingerprint density at radius 3 is 2.78 bits per heavy atom. The zero-order chi connectivity index (χ0) is 26.5. The van der Waals surface area contributed by atoms with E-state index in [1.807, 2.05) is 0 Å². The van der Waals surface area contributed by atoms with E-state index in [1.54, 1.807) is 38.1 Å². The van der Waals surface area contributed by atoms with Gasteiger partial charge >= 0.3 is 19.9 Å². The Balaban J connectivity index is 1.56. The van der Waals surface area contributed by atoms with Gasteiger partial charge in [0.1, 0.15) is 30.2 Å². The molecule has 1 aliphatic rings. The smallest absolute Gasteiger partial charge is 0.367 e. The van der Waals surface area contributed by atoms with Crippen LogP contribution in [0.1, 0.15) is 27.0 Å². The Bertz CT molecular complexity index is 1140. The Morgan fingerprint density at radius 1 is 1.36 bits per heavy atom. The third kappa shape index (κ3) is 6.62. The molecule has 36 heavy (non-hydrogen) atoms. The van der Waals surface area contributed by atoms with Crippen LogP contribution in [-0.4, -0.2) is 63.3 Å². The molecule has 198 valence electrons. The van der Waals surface area contributed by atoms with Crippen LogP contribution in [0.4, 0.5) is 11.5 Å². The zero-order valence-corrected chi connectivity index (χ0v) is 21.1. The molecule has 1 aromatic carbocycles. The molecule has 0 bridgehead atoms. The van der Waals surface area contributed by atoms with Crippen LogP contribution < -0.4 is 21.3 Å². The number of aromatic nitrogens is 2. The van der Waals surface area contributed by atoms with Crippen molar-refractivity contribution in [3.05, 3.63) is 47.0 Å². The highest BCUT2D eigenvalue weighted by Gasteiger charge is 2.53. The van der Waals surface area contributed by atoms with Crippen LogP contribution >= 0.6 is 8.25 Å². The van der Waals surface area contributed by atoms with E-state index in [2.05, 4.69) is 10.3 Å². The first kappa shape index (κ1) is 27.6. The van der Waals surface area contributed by atoms with Crippen molar-refractivity contribution in [2.75, 3.05) is 30.8 Å². The first-order valence-corrected chi connectivity index (χ1v) is 12.5. The fraction of sp³-hybridized carbons (Fsp3) is 0.500. The largest absolute Gasteiger partial charge is 0.464 e. The molecule has 0 radical (unpaired) electrons. The Labute approximate surface area is 208 Å². The average molecular weight is 526 g/mol. The van der Waals surface area contributed by atoms with Gasteiger partial charge in [-0.15, -0.1) is 0 Å². The number of nitrogens with zero attached hydrogens (tertiary/aromatic N) is 2. The molecule has 0 saturated carbocycles. The normalized spacial score (nSPS) is 24.4. The van der Waals surface area contributed by atoms with Gasteiger partial charge in [0, 0.05) is 12.7 Å². The number of aliphatic hydroxyl groups is 2. The third-order valence-electron chi connectivity index (χ3n) is 5.44. The highest BCUT2D eigenvalue weighted by atomic mass is 31.1. The SMILES string of the molecule is CC(C)C(=O)OCCNc1ccccc1O[PH](=O)OC[C@H]1O[C@@H](n2ccc(N)nc2=O)[C@](C)(O)[C@@H]1O. The molecule has 0 spiro atoms. The number of rotatable bonds is 11. The van der Waals surface area contributed by atoms with E-state index < -0.39 is 38.0 Å². The summed E-state index contributed by atoms with van der Waals surface area (Å²) in [5, 5.41) is 24.3. The number of carbonyl (C=O) groups excluding carboxylic acids is 1. The van der Waals surface area contributed by atoms with Crippen molar-refractivity contribution >= 4 is 25.7 Å². The minimum atomic E-state index is -3.11. The quantitative estimate of drug-likeness (QED) is 0.185. The van der Waals surface area contributed by atoms with Crippen LogP contribution in [0.3, 0.4) is 0 Å². The number of nitrogen functional groups attached to an aromatic ring is 1. The Kier molecular flexibility index (Phi) is 9.09. The highest BCUT2D eigenvalue weighted by Crippen LogP contribution is 2.39. The summed E-state index contributed by atoms with van der Waals surface area (Å²) >= 11 is 0. The lowest BCUT2D eigenvalue weighted by atomic mass is 9.96. The molecular formula is C22H31N4O9P. The third-order valence-corrected chi connectivity index (χ3v) is 6.23. The highest BCUT2D eigenvalue weighted by molar-refractivity contribution is 7.33. The van der Waals surface area contributed by atoms with Crippen LogP contribution in [0.5, 0.6) is 5.75 Å². The lowest BCUT2D eigenvalue weighted by Crippen LogP contribution is -2.46. The number of nitrogens with one attached hydrogen (secondary N) is 1. The molecule has 1 aromatic heterocycles. The van der Waals surface area contributed by atoms with Crippen molar-refractivity contribution in [3.63, 3.8) is 0 Å². The Morgan fingerprint density at radius 2 is 2.08 bits per heavy atom. The van der Waals surface area contributed by atoms with E-state index in [1.165, 1.54) is 19.2 Å². The van der Waals surface area contributed by atoms with Gasteiger partial charge in [0.2, 0.25) is 0 Å². The number of benzene rings is 1. The average Bonchev–Trinajstić information content (AvgIpc) is 3.04. The van der Waals surface area contributed by atoms with Gasteiger partial charge in [-0.3, -0.25) is 13.9 Å². The van der Waals surface area contributed by atoms with Crippen LogP contribution in [0.15, 0.2) is 41.3 Å². The standard InChI is InChI=1S/C22H31N4O9P/c1-13(2)19(28)32-11-9-24-14-6-4-5-7-15(14)35-36(31)33-12-16-18(27)22(3,30)20(34-16)26-10-8-17(23)25-21(26)29/h4-8,10,13,16,18,20,24,27,30,36H,9,11-12H2,1-3H3,(H2,23,25,29)/t16-,18-,20-,22-/m1/s1. The Hall–Kier alpha value is -2.96. The second kappa shape index (κ2) is 11.8. The van der Waals surface area contributed by atoms with Gasteiger partial charge < -0.3 is 35.3 Å². The maximum absolute atomic E-state index is 12.5. The molecule has 1 fully saturated rings. The fourth-order valence-corrected chi connectivity index (χ4v) is 4.17. The van der Waals surface area contributed by atoms with Gasteiger partial charge in [0.05, 0.1) is 18.2 Å². The summed E-state index contributed by atoms with van der Waals surface area (Å²) in [4.78, 5) is 27.3. The molecule has 1 saturated heterocycles. The van der Waals surface area contributed by atoms with Crippen molar-refractivity contribution in [3.8, 4) is 5.75 Å². The van der Waals surface area contributed by atoms with Gasteiger partial charge in [-0.25, -0.2) is 9.36 Å². The maximum atomic E-state index is 12.5. The number of aliphatic hydroxyl groups excluding tert-OH is 1. The minimum absolute atomic E-state index is 0.00332. The van der Waals surface area contributed by atoms with Crippen LogP contribution in [-0.2, 0) is 23.4 Å². The summed E-state index contributed by atoms with van der Waals surface area (Å²) in [6, 6.07) is 8.05. The summed E-state index contributed by atoms with van der Waals surface area (Å²) in [6.45, 7) is 4.83. The monoisotopic (exact) mass is 526 g/mol. The van der Waals surface area contributed by atoms with E-state index >= 15 is 0 Å². The van der Waals surface area contributed by atoms with Crippen LogP contribution in [0.25, 0.3) is 0 Å². The summed E-state index contributed by atoms with van der Waals surface area (Å²) < 4.78 is 34.9. The van der Waals surface area contributed by atoms with Crippen molar-refractivity contribution in [1.82, 2.24) is 9.55 Å². The zero-order valence-electron chi connectivity index (χ0n) is 20.1. The van der Waals surface area contributed by atoms with Gasteiger partial charge in [-0.2, -0.15) is 4.98 Å². The molecule has 2 aromatic rings. The number of esters is 1. The van der Waals surface area contributed by atoms with Crippen LogP contribution in [0.2, 0.25) is 0 Å². The molecule has 13 nitrogen and oxygen atoms in total. The number of carbonyl (C=O) groups is 1. The van der Waals surface area contributed by atoms with Gasteiger partial charge in [-0.05, 0) is 25.1 Å². The first-order valence-electron chi connectivity index (χ1n) is 11.3. The van der Waals surface area contributed by atoms with E-state index in [0.29, 0.717) is 12.2 Å².